The van der Waals surface area contributed by atoms with Crippen LogP contribution in [0.25, 0.3) is 0 Å². The topological polar surface area (TPSA) is 234 Å². The van der Waals surface area contributed by atoms with Crippen LogP contribution in [0.5, 0.6) is 11.5 Å². The number of nitrogens with one attached hydrogen (secondary N) is 5. The van der Waals surface area contributed by atoms with Gasteiger partial charge in [-0.05, 0) is 124 Å². The van der Waals surface area contributed by atoms with Gasteiger partial charge < -0.3 is 71.5 Å². The minimum Gasteiger partial charge on any atom is -0.494 e. The maximum absolute atomic E-state index is 14.4. The fraction of sp³-hybridized carbons (Fsp3) is 0.531. The largest absolute Gasteiger partial charge is 2.00 e. The van der Waals surface area contributed by atoms with E-state index in [1.165, 1.54) is 23.7 Å². The second-order valence-electron chi connectivity index (χ2n) is 22.4. The number of hydrogen-bond donors (Lipinski definition) is 6. The summed E-state index contributed by atoms with van der Waals surface area (Å²) in [6, 6.07) is 26.8. The molecule has 25 heteroatoms. The van der Waals surface area contributed by atoms with Crippen molar-refractivity contribution in [1.82, 2.24) is 41.0 Å². The Morgan fingerprint density at radius 1 is 0.809 bits per heavy atom. The number of nitrogens with two attached hydrogens (primary N) is 1. The Kier molecular flexibility index (Phi) is 33.6. The zero-order valence-electron chi connectivity index (χ0n) is 51.4. The van der Waals surface area contributed by atoms with Crippen molar-refractivity contribution in [2.24, 2.45) is 11.8 Å². The van der Waals surface area contributed by atoms with Gasteiger partial charge in [0.1, 0.15) is 36.6 Å². The molecule has 4 atom stereocenters. The normalized spacial score (nSPS) is 15.8. The third-order valence-corrected chi connectivity index (χ3v) is 15.2. The molecular weight excluding hydrogens is 1330 g/mol. The number of aryl methyl sites for hydroxylation is 1. The zero-order valence-corrected chi connectivity index (χ0v) is 53.9. The maximum Gasteiger partial charge on any atom is 2.00 e. The van der Waals surface area contributed by atoms with Gasteiger partial charge in [0.25, 0.3) is 6.03 Å². The second kappa shape index (κ2) is 40.6. The van der Waals surface area contributed by atoms with Crippen molar-refractivity contribution in [2.75, 3.05) is 131 Å². The Bertz CT molecular complexity index is 2690. The van der Waals surface area contributed by atoms with E-state index in [9.17, 15) is 37.3 Å². The van der Waals surface area contributed by atoms with Gasteiger partial charge in [0.15, 0.2) is 0 Å². The molecule has 21 nitrogen and oxygen atoms in total. The number of hydrogen-bond acceptors (Lipinski definition) is 15. The van der Waals surface area contributed by atoms with E-state index in [1.807, 2.05) is 43.3 Å². The molecule has 1 saturated heterocycles. The summed E-state index contributed by atoms with van der Waals surface area (Å²) in [5.74, 6) is 2.59. The van der Waals surface area contributed by atoms with Crippen LogP contribution >= 0.6 is 0 Å². The number of amides is 5. The van der Waals surface area contributed by atoms with Gasteiger partial charge in [-0.15, -0.1) is 6.04 Å². The molecule has 2 fully saturated rings. The first-order valence-electron chi connectivity index (χ1n) is 30.5. The van der Waals surface area contributed by atoms with E-state index in [0.717, 1.165) is 49.3 Å². The van der Waals surface area contributed by atoms with Crippen LogP contribution in [-0.2, 0) is 61.4 Å². The van der Waals surface area contributed by atoms with Gasteiger partial charge in [-0.3, -0.25) is 30.4 Å². The summed E-state index contributed by atoms with van der Waals surface area (Å²) in [6.45, 7) is 13.6. The first kappa shape index (κ1) is 73.6. The van der Waals surface area contributed by atoms with Crippen molar-refractivity contribution in [2.45, 2.75) is 88.4 Å². The Morgan fingerprint density at radius 3 is 2.15 bits per heavy atom. The number of likely N-dealkylation sites (N-methyl/N-ethyl adjacent to an activating group) is 2. The Labute approximate surface area is 535 Å². The number of urea groups is 1. The van der Waals surface area contributed by atoms with E-state index in [1.54, 1.807) is 66.7 Å². The molecule has 0 radical (unpaired) electrons. The maximum atomic E-state index is 14.4. The summed E-state index contributed by atoms with van der Waals surface area (Å²) in [4.78, 5) is 73.2. The van der Waals surface area contributed by atoms with Gasteiger partial charge in [0, 0.05) is 93.5 Å². The quantitative estimate of drug-likeness (QED) is 0.00916. The smallest absolute Gasteiger partial charge is 0.494 e. The first-order chi connectivity index (χ1) is 42.5. The number of benzene rings is 4. The summed E-state index contributed by atoms with van der Waals surface area (Å²) in [7, 11) is 4.07. The molecule has 490 valence electrons. The molecule has 5 amide bonds. The number of nitroso groups, excluding NO2 is 1. The van der Waals surface area contributed by atoms with Crippen molar-refractivity contribution in [3.8, 4) is 11.5 Å². The van der Waals surface area contributed by atoms with Gasteiger partial charge in [0.05, 0.1) is 39.1 Å². The number of rotatable bonds is 41. The Balaban J connectivity index is 0.0000144. The summed E-state index contributed by atoms with van der Waals surface area (Å²) in [6.07, 6.45) is 2.61. The first-order valence-corrected chi connectivity index (χ1v) is 30.5. The summed E-state index contributed by atoms with van der Waals surface area (Å²) in [5, 5.41) is 11.1. The number of carbonyl (C=O) groups excluding carboxylic acids is 4. The summed E-state index contributed by atoms with van der Waals surface area (Å²) in [5.41, 5.74) is 5.38. The minimum atomic E-state index is -2.82. The Morgan fingerprint density at radius 2 is 1.46 bits per heavy atom. The number of unbranched alkanes of at least 4 members (excludes halogenated alkanes) is 1. The van der Waals surface area contributed by atoms with E-state index in [0.29, 0.717) is 87.3 Å². The monoisotopic (exact) mass is 1420 g/mol. The fourth-order valence-corrected chi connectivity index (χ4v) is 10.1. The van der Waals surface area contributed by atoms with E-state index in [2.05, 4.69) is 43.4 Å². The molecular formula is C64H91F3N11O10Os+. The SMILES string of the molecule is [CH2-]C(CC(=O)N1CCN(C)CC1)N[CH-]NC(=O)Nc1ccc(OCCOCC[N+](=O)CC(CCOCCOCCN(C)CCCCOc2ccc(CCC(=O)N(CC3CCC(F)(F)C3)C(C(=O)NCc3ccc(F)cc3)c3ccccc3)cc2)NN)cc1.[Os+2]. The third-order valence-electron chi connectivity index (χ3n) is 15.2. The van der Waals surface area contributed by atoms with Crippen LogP contribution < -0.4 is 42.0 Å². The number of hydrazine groups is 1. The fourth-order valence-electron chi connectivity index (χ4n) is 10.1. The summed E-state index contributed by atoms with van der Waals surface area (Å²) >= 11 is 0. The number of piperazine rings is 1. The van der Waals surface area contributed by atoms with Crippen LogP contribution in [0.15, 0.2) is 103 Å². The molecule has 1 aliphatic carbocycles. The predicted octanol–water partition coefficient (Wildman–Crippen LogP) is 6.50. The molecule has 89 heavy (non-hydrogen) atoms. The standard InChI is InChI=1S/C64H91F3N11O10.Os/c1-49(43-60(80)76-31-29-75(3)30-32-76)70-48-71-63(82)72-55-18-22-58(23-19-55)88-42-41-86-38-34-77(83)47-56(73-68)26-36-84-39-40-85-37-33-74(2)28-7-8-35-87-57-20-13-50(14-21-57)15-24-59(79)78(46-52-25-27-64(66,67)44-52)61(53-9-5-4-6-10-53)62(81)69-45-51-11-16-54(65)17-12-51;/h4-6,9-14,16-23,48-49,52,56,61,70,73H,1,7-8,15,24-47,68H2,2-3H3,(H,69,81)(H2,71,72,82);/q-1;+2. The van der Waals surface area contributed by atoms with Crippen molar-refractivity contribution in [3.05, 3.63) is 144 Å². The van der Waals surface area contributed by atoms with Crippen molar-refractivity contribution in [3.63, 3.8) is 0 Å². The predicted molar refractivity (Wildman–Crippen MR) is 329 cm³/mol. The summed E-state index contributed by atoms with van der Waals surface area (Å²) < 4.78 is 72.1. The van der Waals surface area contributed by atoms with E-state index in [-0.39, 0.29) is 116 Å². The van der Waals surface area contributed by atoms with Gasteiger partial charge in [-0.2, -0.15) is 6.67 Å². The van der Waals surface area contributed by atoms with E-state index < -0.39 is 41.7 Å². The molecule has 0 aromatic heterocycles. The van der Waals surface area contributed by atoms with Gasteiger partial charge in [-0.25, -0.2) is 13.2 Å². The number of halogens is 3. The van der Waals surface area contributed by atoms with Gasteiger partial charge in [-0.1, -0.05) is 54.6 Å². The average molecular weight is 1420 g/mol. The van der Waals surface area contributed by atoms with E-state index >= 15 is 0 Å². The third kappa shape index (κ3) is 28.7. The molecule has 1 heterocycles. The number of carbonyl (C=O) groups is 4. The van der Waals surface area contributed by atoms with Crippen molar-refractivity contribution in [1.29, 1.82) is 0 Å². The van der Waals surface area contributed by atoms with Gasteiger partial charge in [0.2, 0.25) is 36.7 Å². The molecule has 0 spiro atoms. The number of nitrogens with zero attached hydrogens (tertiary/aromatic N) is 5. The molecule has 0 bridgehead atoms. The van der Waals surface area contributed by atoms with Gasteiger partial charge >= 0.3 is 19.8 Å². The molecule has 4 aromatic carbocycles. The van der Waals surface area contributed by atoms with Crippen LogP contribution in [0.3, 0.4) is 0 Å². The van der Waals surface area contributed by atoms with Crippen LogP contribution in [0, 0.1) is 30.2 Å². The molecule has 1 saturated carbocycles. The number of anilines is 1. The van der Waals surface area contributed by atoms with E-state index in [4.69, 9.17) is 29.5 Å². The van der Waals surface area contributed by atoms with Crippen molar-refractivity contribution >= 4 is 29.4 Å². The molecule has 2 aliphatic rings. The van der Waals surface area contributed by atoms with Crippen LogP contribution in [0.1, 0.15) is 74.1 Å². The van der Waals surface area contributed by atoms with Crippen LogP contribution in [-0.4, -0.2) is 192 Å². The molecule has 7 N–H and O–H groups in total. The van der Waals surface area contributed by atoms with Crippen LogP contribution in [0.4, 0.5) is 23.7 Å². The van der Waals surface area contributed by atoms with Crippen molar-refractivity contribution < 1.29 is 80.6 Å². The number of alkyl halides is 2. The second-order valence-corrected chi connectivity index (χ2v) is 22.4. The average Bonchev–Trinajstić information content (AvgIpc) is 3.61. The zero-order chi connectivity index (χ0) is 62.9. The molecule has 4 aromatic rings. The molecule has 4 unspecified atom stereocenters. The van der Waals surface area contributed by atoms with Crippen LogP contribution in [0.2, 0.25) is 0 Å². The Hall–Kier alpha value is -6.13. The molecule has 6 rings (SSSR count). The minimum absolute atomic E-state index is 0. The number of ether oxygens (including phenoxy) is 5. The molecule has 1 aliphatic heterocycles.